The van der Waals surface area contributed by atoms with Crippen LogP contribution in [0.25, 0.3) is 0 Å². The first-order valence-corrected chi connectivity index (χ1v) is 10.9. The van der Waals surface area contributed by atoms with Crippen LogP contribution in [0.4, 0.5) is 0 Å². The molecule has 2 aliphatic rings. The number of methoxy groups -OCH3 is 2. The number of carbonyl (C=O) groups is 2. The zero-order valence-corrected chi connectivity index (χ0v) is 18.8. The van der Waals surface area contributed by atoms with Crippen LogP contribution in [0.15, 0.2) is 48.6 Å². The van der Waals surface area contributed by atoms with Crippen molar-refractivity contribution in [2.24, 2.45) is 0 Å². The van der Waals surface area contributed by atoms with Crippen LogP contribution < -0.4 is 29.6 Å². The maximum atomic E-state index is 12.6. The average molecular weight is 453 g/mol. The minimum absolute atomic E-state index is 0.0956. The van der Waals surface area contributed by atoms with Crippen molar-refractivity contribution < 1.29 is 28.5 Å². The van der Waals surface area contributed by atoms with E-state index in [9.17, 15) is 9.59 Å². The van der Waals surface area contributed by atoms with Gasteiger partial charge in [-0.15, -0.1) is 0 Å². The van der Waals surface area contributed by atoms with Crippen molar-refractivity contribution in [3.8, 4) is 23.0 Å². The number of rotatable bonds is 4. The Labute approximate surface area is 192 Å². The van der Waals surface area contributed by atoms with Gasteiger partial charge in [0.05, 0.1) is 26.3 Å². The second-order valence-corrected chi connectivity index (χ2v) is 7.90. The molecule has 2 heterocycles. The van der Waals surface area contributed by atoms with Crippen LogP contribution in [0, 0.1) is 0 Å². The number of fused-ring (bicyclic) bond motifs is 1. The summed E-state index contributed by atoms with van der Waals surface area (Å²) < 4.78 is 21.7. The highest BCUT2D eigenvalue weighted by molar-refractivity contribution is 5.84. The number of nitrogens with one attached hydrogen (secondary N) is 2. The third-order valence-corrected chi connectivity index (χ3v) is 5.77. The van der Waals surface area contributed by atoms with Crippen LogP contribution >= 0.6 is 0 Å². The summed E-state index contributed by atoms with van der Waals surface area (Å²) in [6.45, 7) is 0.195. The van der Waals surface area contributed by atoms with Gasteiger partial charge in [0.1, 0.15) is 11.5 Å². The Morgan fingerprint density at radius 3 is 2.24 bits per heavy atom. The van der Waals surface area contributed by atoms with E-state index in [1.165, 1.54) is 0 Å². The summed E-state index contributed by atoms with van der Waals surface area (Å²) >= 11 is 0. The van der Waals surface area contributed by atoms with Crippen molar-refractivity contribution in [3.05, 3.63) is 59.7 Å². The molecule has 0 unspecified atom stereocenters. The minimum atomic E-state index is -0.291. The van der Waals surface area contributed by atoms with E-state index in [0.717, 1.165) is 11.1 Å². The topological polar surface area (TPSA) is 95.1 Å². The molecule has 4 rings (SSSR count). The third kappa shape index (κ3) is 5.39. The molecule has 0 fully saturated rings. The molecule has 0 spiro atoms. The molecular formula is C25H28N2O6. The molecule has 33 heavy (non-hydrogen) atoms. The summed E-state index contributed by atoms with van der Waals surface area (Å²) in [5.41, 5.74) is 1.78. The zero-order chi connectivity index (χ0) is 23.2. The van der Waals surface area contributed by atoms with E-state index in [-0.39, 0.29) is 43.5 Å². The van der Waals surface area contributed by atoms with Gasteiger partial charge in [-0.2, -0.15) is 0 Å². The zero-order valence-electron chi connectivity index (χ0n) is 18.8. The molecule has 2 aromatic carbocycles. The van der Waals surface area contributed by atoms with E-state index >= 15 is 0 Å². The lowest BCUT2D eigenvalue weighted by atomic mass is 9.99. The molecule has 2 aliphatic heterocycles. The Morgan fingerprint density at radius 2 is 1.52 bits per heavy atom. The number of carbonyl (C=O) groups excluding carboxylic acids is 2. The van der Waals surface area contributed by atoms with Crippen molar-refractivity contribution >= 4 is 11.8 Å². The number of hydrogen-bond donors (Lipinski definition) is 2. The molecule has 8 nitrogen and oxygen atoms in total. The summed E-state index contributed by atoms with van der Waals surface area (Å²) in [5.74, 6) is 2.30. The largest absolute Gasteiger partial charge is 0.497 e. The molecule has 0 aromatic heterocycles. The Balaban J connectivity index is 1.57. The fourth-order valence-corrected chi connectivity index (χ4v) is 4.00. The fourth-order valence-electron chi connectivity index (χ4n) is 4.00. The molecule has 2 atom stereocenters. The van der Waals surface area contributed by atoms with Gasteiger partial charge in [-0.05, 0) is 42.7 Å². The highest BCUT2D eigenvalue weighted by Crippen LogP contribution is 2.35. The van der Waals surface area contributed by atoms with Crippen LogP contribution in [0.2, 0.25) is 0 Å². The van der Waals surface area contributed by atoms with E-state index in [1.807, 2.05) is 42.5 Å². The molecule has 2 amide bonds. The van der Waals surface area contributed by atoms with Crippen LogP contribution in [0.1, 0.15) is 48.9 Å². The normalized spacial score (nSPS) is 21.8. The van der Waals surface area contributed by atoms with Crippen LogP contribution in [-0.4, -0.2) is 32.8 Å². The second-order valence-electron chi connectivity index (χ2n) is 7.90. The summed E-state index contributed by atoms with van der Waals surface area (Å²) in [4.78, 5) is 25.2. The molecular weight excluding hydrogens is 424 g/mol. The van der Waals surface area contributed by atoms with E-state index in [2.05, 4.69) is 10.6 Å². The molecule has 2 N–H and O–H groups in total. The summed E-state index contributed by atoms with van der Waals surface area (Å²) in [5, 5.41) is 6.07. The monoisotopic (exact) mass is 452 g/mol. The van der Waals surface area contributed by atoms with Gasteiger partial charge >= 0.3 is 0 Å². The highest BCUT2D eigenvalue weighted by atomic mass is 16.7. The fraction of sp³-hybridized carbons (Fsp3) is 0.360. The first-order valence-electron chi connectivity index (χ1n) is 10.9. The SMILES string of the molecule is COc1ccc([C@@H]2C/C=C\C[C@@H](c3ccc4c(c3)OCO4)NC(=O)CCC(=O)N2)c(OC)c1. The van der Waals surface area contributed by atoms with Gasteiger partial charge in [0.15, 0.2) is 11.5 Å². The van der Waals surface area contributed by atoms with Gasteiger partial charge in [0.2, 0.25) is 18.6 Å². The standard InChI is InChI=1S/C25H28N2O6/c1-30-17-8-9-18(22(14-17)31-2)20-6-4-3-5-19(26-24(28)11-12-25(29)27-20)16-7-10-21-23(13-16)33-15-32-21/h3-4,7-10,13-14,19-20H,5-6,11-12,15H2,1-2H3,(H,26,28)(H,27,29)/b4-3-/t19-,20-/m0/s1. The first-order chi connectivity index (χ1) is 16.1. The van der Waals surface area contributed by atoms with Crippen molar-refractivity contribution in [3.63, 3.8) is 0 Å². The smallest absolute Gasteiger partial charge is 0.231 e. The van der Waals surface area contributed by atoms with E-state index in [0.29, 0.717) is 35.8 Å². The maximum absolute atomic E-state index is 12.6. The van der Waals surface area contributed by atoms with Crippen molar-refractivity contribution in [1.29, 1.82) is 0 Å². The summed E-state index contributed by atoms with van der Waals surface area (Å²) in [6.07, 6.45) is 5.41. The van der Waals surface area contributed by atoms with E-state index in [4.69, 9.17) is 18.9 Å². The van der Waals surface area contributed by atoms with Gasteiger partial charge in [-0.25, -0.2) is 0 Å². The van der Waals surface area contributed by atoms with Crippen LogP contribution in [0.5, 0.6) is 23.0 Å². The van der Waals surface area contributed by atoms with Gasteiger partial charge < -0.3 is 29.6 Å². The Morgan fingerprint density at radius 1 is 0.818 bits per heavy atom. The maximum Gasteiger partial charge on any atom is 0.231 e. The van der Waals surface area contributed by atoms with Gasteiger partial charge in [-0.1, -0.05) is 18.2 Å². The molecule has 2 aromatic rings. The van der Waals surface area contributed by atoms with Gasteiger partial charge in [0, 0.05) is 24.5 Å². The molecule has 0 saturated heterocycles. The predicted molar refractivity (Wildman–Crippen MR) is 121 cm³/mol. The number of benzene rings is 2. The van der Waals surface area contributed by atoms with E-state index in [1.54, 1.807) is 20.3 Å². The summed E-state index contributed by atoms with van der Waals surface area (Å²) in [6, 6.07) is 10.7. The Bertz CT molecular complexity index is 1050. The number of hydrogen-bond acceptors (Lipinski definition) is 6. The van der Waals surface area contributed by atoms with Crippen LogP contribution in [-0.2, 0) is 9.59 Å². The van der Waals surface area contributed by atoms with Gasteiger partial charge in [-0.3, -0.25) is 9.59 Å². The van der Waals surface area contributed by atoms with Crippen molar-refractivity contribution in [2.45, 2.75) is 37.8 Å². The third-order valence-electron chi connectivity index (χ3n) is 5.77. The van der Waals surface area contributed by atoms with Crippen molar-refractivity contribution in [2.75, 3.05) is 21.0 Å². The molecule has 0 radical (unpaired) electrons. The Kier molecular flexibility index (Phi) is 7.02. The second kappa shape index (κ2) is 10.3. The van der Waals surface area contributed by atoms with Crippen molar-refractivity contribution in [1.82, 2.24) is 10.6 Å². The van der Waals surface area contributed by atoms with E-state index < -0.39 is 0 Å². The lowest BCUT2D eigenvalue weighted by Crippen LogP contribution is -2.32. The number of ether oxygens (including phenoxy) is 4. The lowest BCUT2D eigenvalue weighted by molar-refractivity contribution is -0.127. The minimum Gasteiger partial charge on any atom is -0.497 e. The first kappa shape index (κ1) is 22.5. The molecule has 0 aliphatic carbocycles. The number of amides is 2. The Hall–Kier alpha value is -3.68. The predicted octanol–water partition coefficient (Wildman–Crippen LogP) is 3.58. The molecule has 0 bridgehead atoms. The molecule has 174 valence electrons. The highest BCUT2D eigenvalue weighted by Gasteiger charge is 2.22. The average Bonchev–Trinajstić information content (AvgIpc) is 3.30. The van der Waals surface area contributed by atoms with Gasteiger partial charge in [0.25, 0.3) is 0 Å². The summed E-state index contributed by atoms with van der Waals surface area (Å²) in [7, 11) is 3.18. The lowest BCUT2D eigenvalue weighted by Gasteiger charge is -2.22. The molecule has 0 saturated carbocycles. The quantitative estimate of drug-likeness (QED) is 0.689. The molecule has 8 heteroatoms. The van der Waals surface area contributed by atoms with Crippen LogP contribution in [0.3, 0.4) is 0 Å².